The van der Waals surface area contributed by atoms with Crippen molar-refractivity contribution in [3.63, 3.8) is 0 Å². The summed E-state index contributed by atoms with van der Waals surface area (Å²) < 4.78 is 0. The van der Waals surface area contributed by atoms with Crippen LogP contribution in [0.3, 0.4) is 0 Å². The maximum absolute atomic E-state index is 12.6. The summed E-state index contributed by atoms with van der Waals surface area (Å²) in [6.07, 6.45) is -0.936. The van der Waals surface area contributed by atoms with Gasteiger partial charge in [0, 0.05) is 31.7 Å². The molecule has 138 valence electrons. The van der Waals surface area contributed by atoms with Crippen molar-refractivity contribution in [1.29, 1.82) is 5.26 Å². The molecule has 1 aliphatic rings. The first kappa shape index (κ1) is 18.3. The molecule has 1 fully saturated rings. The van der Waals surface area contributed by atoms with Crippen LogP contribution in [-0.2, 0) is 0 Å². The lowest BCUT2D eigenvalue weighted by Gasteiger charge is -2.35. The van der Waals surface area contributed by atoms with Crippen LogP contribution in [0.25, 0.3) is 0 Å². The zero-order valence-corrected chi connectivity index (χ0v) is 15.0. The van der Waals surface area contributed by atoms with E-state index in [1.54, 1.807) is 24.3 Å². The molecule has 1 aliphatic heterocycles. The van der Waals surface area contributed by atoms with Crippen molar-refractivity contribution in [2.75, 3.05) is 36.4 Å². The average Bonchev–Trinajstić information content (AvgIpc) is 2.68. The molecule has 27 heavy (non-hydrogen) atoms. The molecular formula is C20H20N4O3. The van der Waals surface area contributed by atoms with Crippen LogP contribution in [0, 0.1) is 18.3 Å². The van der Waals surface area contributed by atoms with Gasteiger partial charge < -0.3 is 20.2 Å². The molecule has 2 aromatic carbocycles. The zero-order chi connectivity index (χ0) is 19.4. The minimum absolute atomic E-state index is 0.266. The molecule has 0 spiro atoms. The van der Waals surface area contributed by atoms with Crippen molar-refractivity contribution in [1.82, 2.24) is 4.90 Å². The lowest BCUT2D eigenvalue weighted by molar-refractivity contribution is 0.102. The van der Waals surface area contributed by atoms with Gasteiger partial charge in [0.2, 0.25) is 0 Å². The predicted molar refractivity (Wildman–Crippen MR) is 102 cm³/mol. The highest BCUT2D eigenvalue weighted by atomic mass is 16.4. The summed E-state index contributed by atoms with van der Waals surface area (Å²) in [4.78, 5) is 27.0. The van der Waals surface area contributed by atoms with E-state index in [-0.39, 0.29) is 5.91 Å². The van der Waals surface area contributed by atoms with Crippen LogP contribution < -0.4 is 10.2 Å². The minimum atomic E-state index is -0.936. The second-order valence-corrected chi connectivity index (χ2v) is 6.34. The van der Waals surface area contributed by atoms with E-state index in [1.165, 1.54) is 4.90 Å². The third-order valence-corrected chi connectivity index (χ3v) is 4.68. The number of nitriles is 1. The van der Waals surface area contributed by atoms with Gasteiger partial charge in [0.05, 0.1) is 16.9 Å². The number of hydrogen-bond acceptors (Lipinski definition) is 4. The Kier molecular flexibility index (Phi) is 5.27. The van der Waals surface area contributed by atoms with Crippen LogP contribution in [0.5, 0.6) is 0 Å². The third-order valence-electron chi connectivity index (χ3n) is 4.68. The summed E-state index contributed by atoms with van der Waals surface area (Å²) in [6, 6.07) is 14.7. The fourth-order valence-corrected chi connectivity index (χ4v) is 3.18. The van der Waals surface area contributed by atoms with E-state index in [0.717, 1.165) is 5.56 Å². The lowest BCUT2D eigenvalue weighted by atomic mass is 10.1. The molecule has 0 aliphatic carbocycles. The van der Waals surface area contributed by atoms with E-state index in [1.807, 2.05) is 30.0 Å². The molecule has 7 nitrogen and oxygen atoms in total. The molecule has 0 unspecified atom stereocenters. The van der Waals surface area contributed by atoms with Crippen molar-refractivity contribution < 1.29 is 14.7 Å². The maximum Gasteiger partial charge on any atom is 0.407 e. The maximum atomic E-state index is 12.6. The van der Waals surface area contributed by atoms with Crippen LogP contribution >= 0.6 is 0 Å². The van der Waals surface area contributed by atoms with Crippen LogP contribution in [0.4, 0.5) is 16.2 Å². The molecule has 2 aromatic rings. The van der Waals surface area contributed by atoms with Gasteiger partial charge in [0.15, 0.2) is 0 Å². The Morgan fingerprint density at radius 1 is 1.07 bits per heavy atom. The molecule has 7 heteroatoms. The van der Waals surface area contributed by atoms with Crippen molar-refractivity contribution in [3.05, 3.63) is 59.2 Å². The van der Waals surface area contributed by atoms with Crippen LogP contribution in [-0.4, -0.2) is 48.2 Å². The number of anilines is 2. The number of hydrogen-bond donors (Lipinski definition) is 2. The molecule has 0 aromatic heterocycles. The Bertz CT molecular complexity index is 912. The van der Waals surface area contributed by atoms with Gasteiger partial charge in [-0.25, -0.2) is 4.79 Å². The van der Waals surface area contributed by atoms with Gasteiger partial charge in [0.25, 0.3) is 5.91 Å². The molecule has 1 heterocycles. The van der Waals surface area contributed by atoms with E-state index in [2.05, 4.69) is 11.4 Å². The SMILES string of the molecule is Cc1ccccc1C(=O)Nc1cccc(N2CCN(C(=O)O)CC2)c1C#N. The number of rotatable bonds is 3. The highest BCUT2D eigenvalue weighted by molar-refractivity contribution is 6.06. The van der Waals surface area contributed by atoms with E-state index in [4.69, 9.17) is 5.11 Å². The van der Waals surface area contributed by atoms with E-state index < -0.39 is 6.09 Å². The monoisotopic (exact) mass is 364 g/mol. The average molecular weight is 364 g/mol. The minimum Gasteiger partial charge on any atom is -0.465 e. The van der Waals surface area contributed by atoms with Crippen LogP contribution in [0.15, 0.2) is 42.5 Å². The zero-order valence-electron chi connectivity index (χ0n) is 15.0. The number of carbonyl (C=O) groups excluding carboxylic acids is 1. The highest BCUT2D eigenvalue weighted by Crippen LogP contribution is 2.28. The van der Waals surface area contributed by atoms with Gasteiger partial charge >= 0.3 is 6.09 Å². The Morgan fingerprint density at radius 3 is 2.41 bits per heavy atom. The highest BCUT2D eigenvalue weighted by Gasteiger charge is 2.23. The van der Waals surface area contributed by atoms with Gasteiger partial charge in [0.1, 0.15) is 6.07 Å². The van der Waals surface area contributed by atoms with Crippen molar-refractivity contribution in [2.45, 2.75) is 6.92 Å². The fourth-order valence-electron chi connectivity index (χ4n) is 3.18. The number of carboxylic acid groups (broad SMARTS) is 1. The number of carbonyl (C=O) groups is 2. The Hall–Kier alpha value is -3.53. The number of benzene rings is 2. The summed E-state index contributed by atoms with van der Waals surface area (Å²) >= 11 is 0. The number of piperazine rings is 1. The van der Waals surface area contributed by atoms with Crippen molar-refractivity contribution in [2.24, 2.45) is 0 Å². The quantitative estimate of drug-likeness (QED) is 0.873. The smallest absolute Gasteiger partial charge is 0.407 e. The Balaban J connectivity index is 1.83. The predicted octanol–water partition coefficient (Wildman–Crippen LogP) is 2.92. The fraction of sp³-hybridized carbons (Fsp3) is 0.250. The van der Waals surface area contributed by atoms with Gasteiger partial charge in [-0.15, -0.1) is 0 Å². The van der Waals surface area contributed by atoms with Crippen molar-refractivity contribution in [3.8, 4) is 6.07 Å². The van der Waals surface area contributed by atoms with E-state index in [0.29, 0.717) is 48.7 Å². The van der Waals surface area contributed by atoms with Gasteiger partial charge in [-0.3, -0.25) is 4.79 Å². The molecule has 2 amide bonds. The normalized spacial score (nSPS) is 13.8. The molecule has 0 atom stereocenters. The van der Waals surface area contributed by atoms with Crippen LogP contribution in [0.2, 0.25) is 0 Å². The first-order valence-corrected chi connectivity index (χ1v) is 8.64. The lowest BCUT2D eigenvalue weighted by Crippen LogP contribution is -2.48. The summed E-state index contributed by atoms with van der Waals surface area (Å²) in [7, 11) is 0. The molecule has 0 saturated carbocycles. The number of amides is 2. The second-order valence-electron chi connectivity index (χ2n) is 6.34. The first-order valence-electron chi connectivity index (χ1n) is 8.64. The topological polar surface area (TPSA) is 96.7 Å². The number of nitrogens with zero attached hydrogens (tertiary/aromatic N) is 3. The number of nitrogens with one attached hydrogen (secondary N) is 1. The molecular weight excluding hydrogens is 344 g/mol. The third kappa shape index (κ3) is 3.85. The Labute approximate surface area is 157 Å². The summed E-state index contributed by atoms with van der Waals surface area (Å²) in [5.41, 5.74) is 2.94. The Morgan fingerprint density at radius 2 is 1.78 bits per heavy atom. The summed E-state index contributed by atoms with van der Waals surface area (Å²) in [5.74, 6) is -0.266. The molecule has 3 rings (SSSR count). The van der Waals surface area contributed by atoms with Crippen LogP contribution in [0.1, 0.15) is 21.5 Å². The summed E-state index contributed by atoms with van der Waals surface area (Å²) in [5, 5.41) is 21.6. The second kappa shape index (κ2) is 7.79. The number of aryl methyl sites for hydroxylation is 1. The first-order chi connectivity index (χ1) is 13.0. The molecule has 0 radical (unpaired) electrons. The van der Waals surface area contributed by atoms with E-state index in [9.17, 15) is 14.9 Å². The molecule has 0 bridgehead atoms. The van der Waals surface area contributed by atoms with Gasteiger partial charge in [-0.1, -0.05) is 24.3 Å². The standard InChI is InChI=1S/C20H20N4O3/c1-14-5-2-3-6-15(14)19(25)22-17-7-4-8-18(16(17)13-21)23-9-11-24(12-10-23)20(26)27/h2-8H,9-12H2,1H3,(H,22,25)(H,26,27). The van der Waals surface area contributed by atoms with Gasteiger partial charge in [-0.05, 0) is 30.7 Å². The molecule has 2 N–H and O–H groups in total. The largest absolute Gasteiger partial charge is 0.465 e. The molecule has 1 saturated heterocycles. The van der Waals surface area contributed by atoms with Crippen molar-refractivity contribution >= 4 is 23.4 Å². The van der Waals surface area contributed by atoms with Gasteiger partial charge in [-0.2, -0.15) is 5.26 Å². The summed E-state index contributed by atoms with van der Waals surface area (Å²) in [6.45, 7) is 3.60. The van der Waals surface area contributed by atoms with E-state index >= 15 is 0 Å².